The Hall–Kier alpha value is -0.520. The van der Waals surface area contributed by atoms with Gasteiger partial charge in [0.25, 0.3) is 0 Å². The number of unbranched alkanes of at least 4 members (excludes halogenated alkanes) is 11. The number of hydrogen-bond donors (Lipinski definition) is 0. The molecule has 0 fully saturated rings. The second-order valence-electron chi connectivity index (χ2n) is 5.98. The molecule has 0 atom stereocenters. The molecule has 0 radical (unpaired) electrons. The molecule has 0 N–H and O–H groups in total. The number of hydrogen-bond acceptors (Lipinski definition) is 0. The number of rotatable bonds is 13. The van der Waals surface area contributed by atoms with E-state index < -0.39 is 0 Å². The molecule has 0 aliphatic rings. The highest BCUT2D eigenvalue weighted by Crippen LogP contribution is 2.06. The van der Waals surface area contributed by atoms with Crippen LogP contribution in [0.2, 0.25) is 0 Å². The maximum atomic E-state index is 3.69. The third-order valence-corrected chi connectivity index (χ3v) is 3.46. The van der Waals surface area contributed by atoms with E-state index in [4.69, 9.17) is 0 Å². The Morgan fingerprint density at radius 2 is 0.818 bits per heavy atom. The summed E-state index contributed by atoms with van der Waals surface area (Å²) < 4.78 is 0. The minimum atomic E-state index is 1.15. The smallest absolute Gasteiger partial charge is 0.0353 e. The molecular formula is C22H46. The van der Waals surface area contributed by atoms with Gasteiger partial charge in [0.1, 0.15) is 0 Å². The molecule has 0 heteroatoms. The summed E-state index contributed by atoms with van der Waals surface area (Å²) in [4.78, 5) is 0. The van der Waals surface area contributed by atoms with Gasteiger partial charge in [-0.05, 0) is 19.3 Å². The molecule has 0 spiro atoms. The van der Waals surface area contributed by atoms with Gasteiger partial charge in [-0.15, -0.1) is 13.2 Å². The van der Waals surface area contributed by atoms with Crippen LogP contribution >= 0.6 is 0 Å². The van der Waals surface area contributed by atoms with Crippen LogP contribution in [-0.4, -0.2) is 0 Å². The van der Waals surface area contributed by atoms with Crippen LogP contribution in [0.4, 0.5) is 0 Å². The van der Waals surface area contributed by atoms with Gasteiger partial charge in [0, 0.05) is 0 Å². The van der Waals surface area contributed by atoms with Crippen molar-refractivity contribution in [2.24, 2.45) is 0 Å². The van der Waals surface area contributed by atoms with E-state index in [0.29, 0.717) is 0 Å². The maximum absolute atomic E-state index is 3.69. The van der Waals surface area contributed by atoms with Gasteiger partial charge in [-0.2, -0.15) is 0 Å². The van der Waals surface area contributed by atoms with E-state index in [9.17, 15) is 0 Å². The molecule has 0 heterocycles. The van der Waals surface area contributed by atoms with Crippen LogP contribution in [0.1, 0.15) is 118 Å². The predicted molar refractivity (Wildman–Crippen MR) is 108 cm³/mol. The second kappa shape index (κ2) is 32.4. The van der Waals surface area contributed by atoms with Crippen molar-refractivity contribution in [2.75, 3.05) is 0 Å². The summed E-state index contributed by atoms with van der Waals surface area (Å²) in [6.45, 7) is 16.1. The van der Waals surface area contributed by atoms with Crippen molar-refractivity contribution in [1.82, 2.24) is 0 Å². The first-order chi connectivity index (χ1) is 10.7. The van der Waals surface area contributed by atoms with Gasteiger partial charge in [0.05, 0.1) is 0 Å². The Kier molecular flexibility index (Phi) is 38.9. The molecule has 22 heavy (non-hydrogen) atoms. The first kappa shape index (κ1) is 26.4. The monoisotopic (exact) mass is 310 g/mol. The van der Waals surface area contributed by atoms with Crippen molar-refractivity contribution < 1.29 is 0 Å². The van der Waals surface area contributed by atoms with Crippen LogP contribution in [0.25, 0.3) is 0 Å². The minimum Gasteiger partial charge on any atom is -0.103 e. The molecule has 0 rings (SSSR count). The summed E-state index contributed by atoms with van der Waals surface area (Å²) in [7, 11) is 0. The molecule has 0 nitrogen and oxygen atoms in total. The SMILES string of the molecule is C=CCCC.C=CCCCCCCCC.CCCCCCC. The van der Waals surface area contributed by atoms with Gasteiger partial charge in [-0.25, -0.2) is 0 Å². The fourth-order valence-corrected chi connectivity index (χ4v) is 1.95. The zero-order valence-corrected chi connectivity index (χ0v) is 16.5. The predicted octanol–water partition coefficient (Wildman–Crippen LogP) is 8.87. The topological polar surface area (TPSA) is 0 Å². The fourth-order valence-electron chi connectivity index (χ4n) is 1.95. The molecule has 0 unspecified atom stereocenters. The lowest BCUT2D eigenvalue weighted by Crippen LogP contribution is -1.76. The van der Waals surface area contributed by atoms with Crippen molar-refractivity contribution in [2.45, 2.75) is 118 Å². The quantitative estimate of drug-likeness (QED) is 0.235. The van der Waals surface area contributed by atoms with Crippen LogP contribution in [0.15, 0.2) is 25.3 Å². The molecule has 134 valence electrons. The van der Waals surface area contributed by atoms with Crippen molar-refractivity contribution >= 4 is 0 Å². The first-order valence-electron chi connectivity index (χ1n) is 9.96. The van der Waals surface area contributed by atoms with E-state index in [1.165, 1.54) is 83.5 Å². The molecule has 0 saturated heterocycles. The molecular weight excluding hydrogens is 264 g/mol. The Morgan fingerprint density at radius 1 is 0.455 bits per heavy atom. The summed E-state index contributed by atoms with van der Waals surface area (Å²) >= 11 is 0. The van der Waals surface area contributed by atoms with E-state index in [-0.39, 0.29) is 0 Å². The number of allylic oxidation sites excluding steroid dienone is 2. The Morgan fingerprint density at radius 3 is 1.14 bits per heavy atom. The van der Waals surface area contributed by atoms with Gasteiger partial charge < -0.3 is 0 Å². The average molecular weight is 311 g/mol. The molecule has 0 aromatic heterocycles. The van der Waals surface area contributed by atoms with Gasteiger partial charge in [0.2, 0.25) is 0 Å². The van der Waals surface area contributed by atoms with Crippen molar-refractivity contribution in [3.8, 4) is 0 Å². The summed E-state index contributed by atoms with van der Waals surface area (Å²) in [5.41, 5.74) is 0. The van der Waals surface area contributed by atoms with E-state index in [0.717, 1.165) is 6.42 Å². The largest absolute Gasteiger partial charge is 0.103 e. The summed E-state index contributed by atoms with van der Waals surface area (Å²) in [6.07, 6.45) is 22.9. The lowest BCUT2D eigenvalue weighted by atomic mass is 10.1. The zero-order chi connectivity index (χ0) is 17.3. The van der Waals surface area contributed by atoms with Gasteiger partial charge in [0.15, 0.2) is 0 Å². The van der Waals surface area contributed by atoms with Crippen LogP contribution in [0.5, 0.6) is 0 Å². The van der Waals surface area contributed by atoms with E-state index in [1.54, 1.807) is 0 Å². The zero-order valence-electron chi connectivity index (χ0n) is 16.5. The van der Waals surface area contributed by atoms with Crippen molar-refractivity contribution in [3.63, 3.8) is 0 Å². The highest BCUT2D eigenvalue weighted by Gasteiger charge is 1.86. The molecule has 0 aromatic rings. The van der Waals surface area contributed by atoms with E-state index >= 15 is 0 Å². The molecule has 0 bridgehead atoms. The summed E-state index contributed by atoms with van der Waals surface area (Å²) in [5, 5.41) is 0. The molecule has 0 saturated carbocycles. The molecule has 0 aliphatic heterocycles. The third-order valence-electron chi connectivity index (χ3n) is 3.46. The second-order valence-corrected chi connectivity index (χ2v) is 5.98. The van der Waals surface area contributed by atoms with Crippen LogP contribution in [-0.2, 0) is 0 Å². The van der Waals surface area contributed by atoms with Gasteiger partial charge in [-0.3, -0.25) is 0 Å². The van der Waals surface area contributed by atoms with Crippen LogP contribution in [0, 0.1) is 0 Å². The molecule has 0 aromatic carbocycles. The highest BCUT2D eigenvalue weighted by atomic mass is 13.9. The maximum Gasteiger partial charge on any atom is -0.0353 e. The van der Waals surface area contributed by atoms with Gasteiger partial charge >= 0.3 is 0 Å². The standard InChI is InChI=1S/C10H20.C7H16.C5H10/c1-3-5-7-9-10-8-6-4-2;1-3-5-7-6-4-2;1-3-5-4-2/h3H,1,4-10H2,2H3;3-7H2,1-2H3;3H,1,4-5H2,2H3. The molecule has 0 amide bonds. The van der Waals surface area contributed by atoms with Crippen molar-refractivity contribution in [3.05, 3.63) is 25.3 Å². The van der Waals surface area contributed by atoms with E-state index in [1.807, 2.05) is 12.2 Å². The van der Waals surface area contributed by atoms with Crippen molar-refractivity contribution in [1.29, 1.82) is 0 Å². The Labute approximate surface area is 143 Å². The fraction of sp³-hybridized carbons (Fsp3) is 0.818. The molecule has 0 aliphatic carbocycles. The van der Waals surface area contributed by atoms with E-state index in [2.05, 4.69) is 40.9 Å². The normalized spacial score (nSPS) is 9.09. The first-order valence-corrected chi connectivity index (χ1v) is 9.96. The Balaban J connectivity index is -0.000000263. The summed E-state index contributed by atoms with van der Waals surface area (Å²) in [6, 6.07) is 0. The van der Waals surface area contributed by atoms with Gasteiger partial charge in [-0.1, -0.05) is 110 Å². The third kappa shape index (κ3) is 42.7. The summed E-state index contributed by atoms with van der Waals surface area (Å²) in [5.74, 6) is 0. The minimum absolute atomic E-state index is 1.15. The Bertz CT molecular complexity index is 165. The average Bonchev–Trinajstić information content (AvgIpc) is 2.53. The van der Waals surface area contributed by atoms with Crippen LogP contribution < -0.4 is 0 Å². The van der Waals surface area contributed by atoms with Crippen LogP contribution in [0.3, 0.4) is 0 Å². The lowest BCUT2D eigenvalue weighted by molar-refractivity contribution is 0.611. The highest BCUT2D eigenvalue weighted by molar-refractivity contribution is 4.65. The lowest BCUT2D eigenvalue weighted by Gasteiger charge is -1.96.